The van der Waals surface area contributed by atoms with Crippen LogP contribution >= 0.6 is 0 Å². The molecule has 5 nitrogen and oxygen atoms in total. The highest BCUT2D eigenvalue weighted by Crippen LogP contribution is 2.18. The summed E-state index contributed by atoms with van der Waals surface area (Å²) in [4.78, 5) is 11.9. The van der Waals surface area contributed by atoms with Gasteiger partial charge in [0.25, 0.3) is 0 Å². The molecule has 6 heteroatoms. The van der Waals surface area contributed by atoms with Crippen molar-refractivity contribution in [1.29, 1.82) is 0 Å². The molecule has 1 aromatic carbocycles. The Morgan fingerprint density at radius 2 is 1.89 bits per heavy atom. The fourth-order valence-corrected chi connectivity index (χ4v) is 3.43. The van der Waals surface area contributed by atoms with Gasteiger partial charge in [0.15, 0.2) is 5.78 Å². The smallest absolute Gasteiger partial charge is 0.243 e. The first-order valence-corrected chi connectivity index (χ1v) is 7.29. The average molecular weight is 268 g/mol. The van der Waals surface area contributed by atoms with E-state index in [2.05, 4.69) is 0 Å². The first-order valence-electron chi connectivity index (χ1n) is 5.85. The summed E-state index contributed by atoms with van der Waals surface area (Å²) < 4.78 is 25.9. The summed E-state index contributed by atoms with van der Waals surface area (Å²) in [5.41, 5.74) is 5.65. The van der Waals surface area contributed by atoms with E-state index in [9.17, 15) is 13.2 Å². The monoisotopic (exact) mass is 268 g/mol. The van der Waals surface area contributed by atoms with Gasteiger partial charge in [-0.1, -0.05) is 18.2 Å². The second-order valence-corrected chi connectivity index (χ2v) is 6.30. The third-order valence-corrected chi connectivity index (χ3v) is 4.91. The van der Waals surface area contributed by atoms with E-state index in [1.807, 2.05) is 0 Å². The van der Waals surface area contributed by atoms with Crippen LogP contribution in [0.25, 0.3) is 0 Å². The number of ketones is 1. The minimum absolute atomic E-state index is 0.127. The lowest BCUT2D eigenvalue weighted by Crippen LogP contribution is -2.39. The van der Waals surface area contributed by atoms with Gasteiger partial charge in [-0.05, 0) is 25.0 Å². The number of hydrogen-bond donors (Lipinski definition) is 1. The summed E-state index contributed by atoms with van der Waals surface area (Å²) in [5.74, 6) is -0.216. The third kappa shape index (κ3) is 2.60. The molecule has 2 rings (SSSR count). The second-order valence-electron chi connectivity index (χ2n) is 4.37. The van der Waals surface area contributed by atoms with Crippen LogP contribution in [0.2, 0.25) is 0 Å². The highest BCUT2D eigenvalue weighted by atomic mass is 32.2. The quantitative estimate of drug-likeness (QED) is 0.840. The van der Waals surface area contributed by atoms with Gasteiger partial charge in [-0.3, -0.25) is 4.79 Å². The molecule has 0 aromatic heterocycles. The van der Waals surface area contributed by atoms with Crippen molar-refractivity contribution >= 4 is 15.8 Å². The molecule has 18 heavy (non-hydrogen) atoms. The summed E-state index contributed by atoms with van der Waals surface area (Å²) >= 11 is 0. The highest BCUT2D eigenvalue weighted by Gasteiger charge is 2.30. The van der Waals surface area contributed by atoms with E-state index in [1.54, 1.807) is 18.2 Å². The molecule has 1 saturated heterocycles. The minimum atomic E-state index is -3.58. The van der Waals surface area contributed by atoms with Crippen molar-refractivity contribution in [3.8, 4) is 0 Å². The van der Waals surface area contributed by atoms with E-state index in [-0.39, 0.29) is 17.2 Å². The summed E-state index contributed by atoms with van der Waals surface area (Å²) in [6, 6.07) is 7.61. The normalized spacial score (nSPS) is 22.7. The molecule has 2 N–H and O–H groups in total. The van der Waals surface area contributed by atoms with Crippen molar-refractivity contribution in [1.82, 2.24) is 4.31 Å². The first kappa shape index (κ1) is 13.2. The molecule has 0 spiro atoms. The van der Waals surface area contributed by atoms with Crippen LogP contribution in [0, 0.1) is 0 Å². The maximum absolute atomic E-state index is 12.3. The molecular formula is C12H16N2O3S. The largest absolute Gasteiger partial charge is 0.321 e. The zero-order chi connectivity index (χ0) is 13.2. The van der Waals surface area contributed by atoms with E-state index in [0.29, 0.717) is 19.4 Å². The first-order chi connectivity index (χ1) is 8.51. The Kier molecular flexibility index (Phi) is 3.79. The van der Waals surface area contributed by atoms with Crippen LogP contribution < -0.4 is 5.73 Å². The molecule has 0 saturated carbocycles. The third-order valence-electron chi connectivity index (χ3n) is 3.05. The van der Waals surface area contributed by atoms with E-state index in [0.717, 1.165) is 0 Å². The fourth-order valence-electron chi connectivity index (χ4n) is 1.97. The van der Waals surface area contributed by atoms with Gasteiger partial charge in [-0.25, -0.2) is 8.42 Å². The molecule has 1 aliphatic rings. The van der Waals surface area contributed by atoms with Crippen molar-refractivity contribution < 1.29 is 13.2 Å². The number of hydrogen-bond acceptors (Lipinski definition) is 4. The number of carbonyl (C=O) groups excluding carboxylic acids is 1. The van der Waals surface area contributed by atoms with Gasteiger partial charge in [0.2, 0.25) is 10.0 Å². The molecule has 1 aliphatic heterocycles. The van der Waals surface area contributed by atoms with Gasteiger partial charge in [-0.2, -0.15) is 4.31 Å². The van der Waals surface area contributed by atoms with Gasteiger partial charge in [0.05, 0.1) is 17.5 Å². The van der Waals surface area contributed by atoms with Crippen molar-refractivity contribution in [2.24, 2.45) is 5.73 Å². The van der Waals surface area contributed by atoms with Gasteiger partial charge in [0.1, 0.15) is 0 Å². The molecular weight excluding hydrogens is 252 g/mol. The maximum Gasteiger partial charge on any atom is 0.243 e. The SMILES string of the molecule is NC1CCCN(S(=O)(=O)c2ccccc2)CC1=O. The Balaban J connectivity index is 2.28. The summed E-state index contributed by atoms with van der Waals surface area (Å²) in [6.07, 6.45) is 1.15. The summed E-state index contributed by atoms with van der Waals surface area (Å²) in [6.45, 7) is 0.217. The Bertz CT molecular complexity index is 528. The number of rotatable bonds is 2. The van der Waals surface area contributed by atoms with Crippen LogP contribution in [-0.4, -0.2) is 37.6 Å². The molecule has 0 amide bonds. The fraction of sp³-hybridized carbons (Fsp3) is 0.417. The van der Waals surface area contributed by atoms with Gasteiger partial charge < -0.3 is 5.73 Å². The molecule has 1 heterocycles. The van der Waals surface area contributed by atoms with Crippen molar-refractivity contribution in [3.05, 3.63) is 30.3 Å². The molecule has 0 aliphatic carbocycles. The van der Waals surface area contributed by atoms with Crippen LogP contribution in [0.5, 0.6) is 0 Å². The van der Waals surface area contributed by atoms with Gasteiger partial charge in [0, 0.05) is 6.54 Å². The standard InChI is InChI=1S/C12H16N2O3S/c13-11-7-4-8-14(9-12(11)15)18(16,17)10-5-2-1-3-6-10/h1-3,5-6,11H,4,7-9,13H2. The maximum atomic E-state index is 12.3. The lowest BCUT2D eigenvalue weighted by Gasteiger charge is -2.19. The van der Waals surface area contributed by atoms with E-state index < -0.39 is 16.1 Å². The van der Waals surface area contributed by atoms with Crippen LogP contribution in [0.15, 0.2) is 35.2 Å². The van der Waals surface area contributed by atoms with Crippen LogP contribution in [0.3, 0.4) is 0 Å². The Hall–Kier alpha value is -1.24. The lowest BCUT2D eigenvalue weighted by atomic mass is 10.1. The van der Waals surface area contributed by atoms with Crippen molar-refractivity contribution in [2.75, 3.05) is 13.1 Å². The highest BCUT2D eigenvalue weighted by molar-refractivity contribution is 7.89. The van der Waals surface area contributed by atoms with E-state index in [4.69, 9.17) is 5.73 Å². The molecule has 98 valence electrons. The zero-order valence-corrected chi connectivity index (χ0v) is 10.8. The molecule has 1 fully saturated rings. The number of sulfonamides is 1. The van der Waals surface area contributed by atoms with E-state index >= 15 is 0 Å². The Morgan fingerprint density at radius 1 is 1.22 bits per heavy atom. The zero-order valence-electron chi connectivity index (χ0n) is 9.95. The number of nitrogens with two attached hydrogens (primary N) is 1. The van der Waals surface area contributed by atoms with Gasteiger partial charge in [-0.15, -0.1) is 0 Å². The predicted octanol–water partition coefficient (Wildman–Crippen LogP) is 0.367. The number of Topliss-reactive ketones (excluding diaryl/α,β-unsaturated/α-hetero) is 1. The topological polar surface area (TPSA) is 80.5 Å². The number of carbonyl (C=O) groups is 1. The van der Waals surface area contributed by atoms with E-state index in [1.165, 1.54) is 16.4 Å². The average Bonchev–Trinajstić information content (AvgIpc) is 2.54. The van der Waals surface area contributed by atoms with Crippen LogP contribution in [0.1, 0.15) is 12.8 Å². The molecule has 1 aromatic rings. The van der Waals surface area contributed by atoms with Crippen molar-refractivity contribution in [2.45, 2.75) is 23.8 Å². The Morgan fingerprint density at radius 3 is 2.56 bits per heavy atom. The van der Waals surface area contributed by atoms with Crippen molar-refractivity contribution in [3.63, 3.8) is 0 Å². The predicted molar refractivity (Wildman–Crippen MR) is 67.4 cm³/mol. The minimum Gasteiger partial charge on any atom is -0.321 e. The molecule has 0 bridgehead atoms. The molecule has 0 radical (unpaired) electrons. The summed E-state index contributed by atoms with van der Waals surface area (Å²) in [5, 5.41) is 0. The van der Waals surface area contributed by atoms with Crippen LogP contribution in [-0.2, 0) is 14.8 Å². The van der Waals surface area contributed by atoms with Crippen LogP contribution in [0.4, 0.5) is 0 Å². The number of benzene rings is 1. The molecule has 1 unspecified atom stereocenters. The second kappa shape index (κ2) is 5.17. The molecule has 1 atom stereocenters. The summed E-state index contributed by atoms with van der Waals surface area (Å²) in [7, 11) is -3.58. The Labute approximate surface area is 107 Å². The number of nitrogens with zero attached hydrogens (tertiary/aromatic N) is 1. The van der Waals surface area contributed by atoms with Gasteiger partial charge >= 0.3 is 0 Å². The lowest BCUT2D eigenvalue weighted by molar-refractivity contribution is -0.120.